The zero-order chi connectivity index (χ0) is 18.0. The highest BCUT2D eigenvalue weighted by Crippen LogP contribution is 2.29. The molecule has 0 atom stereocenters. The van der Waals surface area contributed by atoms with Crippen LogP contribution in [0, 0.1) is 5.82 Å². The molecule has 2 aromatic rings. The number of halogens is 2. The van der Waals surface area contributed by atoms with E-state index in [9.17, 15) is 12.8 Å². The average molecular weight is 385 g/mol. The highest BCUT2D eigenvalue weighted by atomic mass is 35.5. The number of hydrogen-bond acceptors (Lipinski definition) is 4. The number of hydrogen-bond donors (Lipinski definition) is 0. The smallest absolute Gasteiger partial charge is 0.246 e. The van der Waals surface area contributed by atoms with Crippen LogP contribution in [-0.4, -0.2) is 46.0 Å². The zero-order valence-corrected chi connectivity index (χ0v) is 15.2. The van der Waals surface area contributed by atoms with Crippen molar-refractivity contribution in [3.63, 3.8) is 0 Å². The van der Waals surface area contributed by atoms with Crippen molar-refractivity contribution in [1.29, 1.82) is 0 Å². The average Bonchev–Trinajstić information content (AvgIpc) is 2.61. The fourth-order valence-corrected chi connectivity index (χ4v) is 4.60. The van der Waals surface area contributed by atoms with Gasteiger partial charge in [-0.25, -0.2) is 12.8 Å². The maximum absolute atomic E-state index is 13.3. The Labute approximate surface area is 151 Å². The molecule has 0 aromatic heterocycles. The fourth-order valence-electron chi connectivity index (χ4n) is 2.85. The zero-order valence-electron chi connectivity index (χ0n) is 13.7. The highest BCUT2D eigenvalue weighted by molar-refractivity contribution is 7.89. The molecule has 25 heavy (non-hydrogen) atoms. The number of rotatable bonds is 4. The molecule has 1 heterocycles. The molecule has 0 aliphatic carbocycles. The highest BCUT2D eigenvalue weighted by Gasteiger charge is 2.31. The molecule has 3 rings (SSSR count). The number of ether oxygens (including phenoxy) is 1. The fraction of sp³-hybridized carbons (Fsp3) is 0.294. The third-order valence-electron chi connectivity index (χ3n) is 4.16. The Morgan fingerprint density at radius 1 is 1.08 bits per heavy atom. The van der Waals surface area contributed by atoms with Crippen LogP contribution in [0.4, 0.5) is 10.1 Å². The van der Waals surface area contributed by atoms with Gasteiger partial charge >= 0.3 is 0 Å². The van der Waals surface area contributed by atoms with E-state index in [4.69, 9.17) is 16.3 Å². The van der Waals surface area contributed by atoms with E-state index in [0.29, 0.717) is 31.2 Å². The minimum absolute atomic E-state index is 0.0114. The van der Waals surface area contributed by atoms with Gasteiger partial charge in [0.05, 0.1) is 7.11 Å². The van der Waals surface area contributed by atoms with Crippen molar-refractivity contribution in [2.75, 3.05) is 38.2 Å². The van der Waals surface area contributed by atoms with Crippen molar-refractivity contribution in [2.24, 2.45) is 0 Å². The van der Waals surface area contributed by atoms with Gasteiger partial charge in [-0.15, -0.1) is 0 Å². The van der Waals surface area contributed by atoms with Crippen molar-refractivity contribution in [3.05, 3.63) is 53.3 Å². The van der Waals surface area contributed by atoms with Gasteiger partial charge in [0.25, 0.3) is 0 Å². The lowest BCUT2D eigenvalue weighted by molar-refractivity contribution is 0.373. The van der Waals surface area contributed by atoms with E-state index >= 15 is 0 Å². The van der Waals surface area contributed by atoms with Gasteiger partial charge in [-0.3, -0.25) is 0 Å². The molecule has 0 unspecified atom stereocenters. The van der Waals surface area contributed by atoms with Gasteiger partial charge in [0, 0.05) is 43.0 Å². The maximum Gasteiger partial charge on any atom is 0.246 e. The van der Waals surface area contributed by atoms with Crippen LogP contribution in [0.1, 0.15) is 0 Å². The predicted molar refractivity (Wildman–Crippen MR) is 95.4 cm³/mol. The normalized spacial score (nSPS) is 16.0. The molecule has 5 nitrogen and oxygen atoms in total. The number of nitrogens with zero attached hydrogens (tertiary/aromatic N) is 2. The molecular formula is C17H18ClFN2O3S. The van der Waals surface area contributed by atoms with Gasteiger partial charge in [-0.2, -0.15) is 4.31 Å². The number of sulfonamides is 1. The molecule has 1 aliphatic heterocycles. The molecule has 0 N–H and O–H groups in total. The van der Waals surface area contributed by atoms with E-state index in [1.807, 2.05) is 18.2 Å². The first-order valence-electron chi connectivity index (χ1n) is 7.76. The Balaban J connectivity index is 1.78. The first-order valence-corrected chi connectivity index (χ1v) is 9.58. The lowest BCUT2D eigenvalue weighted by atomic mass is 10.2. The Bertz CT molecular complexity index is 868. The molecule has 1 fully saturated rings. The Morgan fingerprint density at radius 2 is 1.80 bits per heavy atom. The van der Waals surface area contributed by atoms with E-state index in [2.05, 4.69) is 4.90 Å². The van der Waals surface area contributed by atoms with Crippen LogP contribution in [-0.2, 0) is 10.0 Å². The Morgan fingerprint density at radius 3 is 2.44 bits per heavy atom. The summed E-state index contributed by atoms with van der Waals surface area (Å²) in [6.07, 6.45) is 0. The summed E-state index contributed by atoms with van der Waals surface area (Å²) >= 11 is 6.01. The predicted octanol–water partition coefficient (Wildman–Crippen LogP) is 3.00. The van der Waals surface area contributed by atoms with Crippen molar-refractivity contribution in [2.45, 2.75) is 4.90 Å². The Hall–Kier alpha value is -1.83. The van der Waals surface area contributed by atoms with Crippen LogP contribution >= 0.6 is 11.6 Å². The minimum atomic E-state index is -3.75. The standard InChI is InChI=1S/C17H18ClFN2O3S/c1-24-16-12-14(19)5-6-17(16)25(22,23)21-9-7-20(8-10-21)15-4-2-3-13(18)11-15/h2-6,11-12H,7-10H2,1H3. The van der Waals surface area contributed by atoms with Crippen LogP contribution < -0.4 is 9.64 Å². The number of piperazine rings is 1. The molecule has 0 amide bonds. The second-order valence-electron chi connectivity index (χ2n) is 5.67. The summed E-state index contributed by atoms with van der Waals surface area (Å²) in [6.45, 7) is 1.75. The number of anilines is 1. The summed E-state index contributed by atoms with van der Waals surface area (Å²) in [7, 11) is -2.42. The topological polar surface area (TPSA) is 49.9 Å². The van der Waals surface area contributed by atoms with Crippen molar-refractivity contribution >= 4 is 27.3 Å². The summed E-state index contributed by atoms with van der Waals surface area (Å²) in [5.74, 6) is -0.529. The van der Waals surface area contributed by atoms with Crippen molar-refractivity contribution in [1.82, 2.24) is 4.31 Å². The molecule has 1 aliphatic rings. The van der Waals surface area contributed by atoms with Crippen molar-refractivity contribution in [3.8, 4) is 5.75 Å². The molecule has 1 saturated heterocycles. The molecule has 0 bridgehead atoms. The maximum atomic E-state index is 13.3. The molecule has 0 saturated carbocycles. The second-order valence-corrected chi connectivity index (χ2v) is 8.01. The van der Waals surface area contributed by atoms with Crippen LogP contribution in [0.3, 0.4) is 0 Å². The summed E-state index contributed by atoms with van der Waals surface area (Å²) in [6, 6.07) is 10.9. The molecule has 0 spiro atoms. The first-order chi connectivity index (χ1) is 11.9. The lowest BCUT2D eigenvalue weighted by Gasteiger charge is -2.35. The number of methoxy groups -OCH3 is 1. The van der Waals surface area contributed by atoms with E-state index < -0.39 is 15.8 Å². The van der Waals surface area contributed by atoms with E-state index in [1.165, 1.54) is 17.5 Å². The van der Waals surface area contributed by atoms with Crippen LogP contribution in [0.5, 0.6) is 5.75 Å². The minimum Gasteiger partial charge on any atom is -0.495 e. The van der Waals surface area contributed by atoms with Crippen LogP contribution in [0.15, 0.2) is 47.4 Å². The largest absolute Gasteiger partial charge is 0.495 e. The van der Waals surface area contributed by atoms with Gasteiger partial charge in [0.2, 0.25) is 10.0 Å². The van der Waals surface area contributed by atoms with E-state index in [0.717, 1.165) is 17.8 Å². The van der Waals surface area contributed by atoms with Gasteiger partial charge in [-0.05, 0) is 30.3 Å². The molecule has 0 radical (unpaired) electrons. The second kappa shape index (κ2) is 7.19. The van der Waals surface area contributed by atoms with Crippen LogP contribution in [0.25, 0.3) is 0 Å². The summed E-state index contributed by atoms with van der Waals surface area (Å²) in [5, 5.41) is 0.642. The quantitative estimate of drug-likeness (QED) is 0.813. The SMILES string of the molecule is COc1cc(F)ccc1S(=O)(=O)N1CCN(c2cccc(Cl)c2)CC1. The van der Waals surface area contributed by atoms with Crippen LogP contribution in [0.2, 0.25) is 5.02 Å². The third-order valence-corrected chi connectivity index (χ3v) is 6.33. The van der Waals surface area contributed by atoms with Gasteiger partial charge in [0.15, 0.2) is 0 Å². The van der Waals surface area contributed by atoms with Gasteiger partial charge in [-0.1, -0.05) is 17.7 Å². The molecule has 8 heteroatoms. The van der Waals surface area contributed by atoms with Gasteiger partial charge < -0.3 is 9.64 Å². The van der Waals surface area contributed by atoms with E-state index in [-0.39, 0.29) is 10.6 Å². The summed E-state index contributed by atoms with van der Waals surface area (Å²) < 4.78 is 45.5. The van der Waals surface area contributed by atoms with Gasteiger partial charge in [0.1, 0.15) is 16.5 Å². The Kier molecular flexibility index (Phi) is 5.17. The third kappa shape index (κ3) is 3.73. The molecule has 2 aromatic carbocycles. The van der Waals surface area contributed by atoms with E-state index in [1.54, 1.807) is 6.07 Å². The molecule has 134 valence electrons. The van der Waals surface area contributed by atoms with Crippen molar-refractivity contribution < 1.29 is 17.5 Å². The number of benzene rings is 2. The summed E-state index contributed by atoms with van der Waals surface area (Å²) in [5.41, 5.74) is 0.962. The monoisotopic (exact) mass is 384 g/mol. The molecular weight excluding hydrogens is 367 g/mol. The summed E-state index contributed by atoms with van der Waals surface area (Å²) in [4.78, 5) is 2.06. The lowest BCUT2D eigenvalue weighted by Crippen LogP contribution is -2.48. The first kappa shape index (κ1) is 18.0.